The maximum absolute atomic E-state index is 5.50. The molecule has 0 spiro atoms. The fourth-order valence-corrected chi connectivity index (χ4v) is 2.67. The molecule has 0 aromatic heterocycles. The second kappa shape index (κ2) is 9.06. The van der Waals surface area contributed by atoms with Crippen molar-refractivity contribution in [3.05, 3.63) is 29.8 Å². The van der Waals surface area contributed by atoms with E-state index in [1.807, 2.05) is 6.92 Å². The van der Waals surface area contributed by atoms with E-state index in [1.165, 1.54) is 12.0 Å². The molecule has 0 aliphatic carbocycles. The molecule has 21 heavy (non-hydrogen) atoms. The van der Waals surface area contributed by atoms with Gasteiger partial charge in [0.25, 0.3) is 0 Å². The molecule has 3 nitrogen and oxygen atoms in total. The zero-order chi connectivity index (χ0) is 15.8. The van der Waals surface area contributed by atoms with Gasteiger partial charge in [0.1, 0.15) is 5.75 Å². The number of hydrogen-bond donors (Lipinski definition) is 1. The van der Waals surface area contributed by atoms with Crippen LogP contribution in [0.25, 0.3) is 0 Å². The number of nitrogens with one attached hydrogen (secondary N) is 1. The van der Waals surface area contributed by atoms with E-state index < -0.39 is 0 Å². The summed E-state index contributed by atoms with van der Waals surface area (Å²) >= 11 is 0. The largest absolute Gasteiger partial charge is 0.494 e. The fourth-order valence-electron chi connectivity index (χ4n) is 2.67. The molecule has 1 aromatic carbocycles. The van der Waals surface area contributed by atoms with Gasteiger partial charge < -0.3 is 15.0 Å². The number of nitrogens with zero attached hydrogens (tertiary/aromatic N) is 1. The molecule has 1 aromatic rings. The summed E-state index contributed by atoms with van der Waals surface area (Å²) in [6.45, 7) is 10.6. The van der Waals surface area contributed by atoms with Crippen LogP contribution in [0.5, 0.6) is 5.75 Å². The molecule has 120 valence electrons. The lowest BCUT2D eigenvalue weighted by molar-refractivity contribution is 0.290. The van der Waals surface area contributed by atoms with Crippen LogP contribution in [-0.4, -0.2) is 38.2 Å². The predicted octanol–water partition coefficient (Wildman–Crippen LogP) is 3.71. The van der Waals surface area contributed by atoms with E-state index in [2.05, 4.69) is 69.3 Å². The maximum Gasteiger partial charge on any atom is 0.119 e. The number of likely N-dealkylation sites (N-methyl/N-ethyl adjacent to an activating group) is 1. The van der Waals surface area contributed by atoms with Crippen molar-refractivity contribution in [2.45, 2.75) is 46.2 Å². The molecule has 0 amide bonds. The van der Waals surface area contributed by atoms with E-state index in [1.54, 1.807) is 0 Å². The number of rotatable bonds is 9. The molecule has 1 rings (SSSR count). The van der Waals surface area contributed by atoms with Crippen LogP contribution in [0.2, 0.25) is 0 Å². The Kier molecular flexibility index (Phi) is 7.76. The summed E-state index contributed by atoms with van der Waals surface area (Å²) in [5.41, 5.74) is 1.31. The van der Waals surface area contributed by atoms with Crippen LogP contribution in [0.1, 0.15) is 45.7 Å². The fraction of sp³-hybridized carbons (Fsp3) is 0.667. The Morgan fingerprint density at radius 3 is 2.19 bits per heavy atom. The first-order valence-corrected chi connectivity index (χ1v) is 8.05. The Bertz CT molecular complexity index is 377. The summed E-state index contributed by atoms with van der Waals surface area (Å²) in [5.74, 6) is 1.65. The number of ether oxygens (including phenoxy) is 1. The van der Waals surface area contributed by atoms with Gasteiger partial charge in [0.2, 0.25) is 0 Å². The van der Waals surface area contributed by atoms with E-state index in [0.29, 0.717) is 24.6 Å². The molecule has 3 heteroatoms. The van der Waals surface area contributed by atoms with Crippen LogP contribution < -0.4 is 10.1 Å². The average Bonchev–Trinajstić information content (AvgIpc) is 2.38. The smallest absolute Gasteiger partial charge is 0.119 e. The first kappa shape index (κ1) is 18.0. The lowest BCUT2D eigenvalue weighted by Gasteiger charge is -2.27. The predicted molar refractivity (Wildman–Crippen MR) is 91.0 cm³/mol. The molecule has 2 unspecified atom stereocenters. The van der Waals surface area contributed by atoms with Gasteiger partial charge >= 0.3 is 0 Å². The number of benzene rings is 1. The van der Waals surface area contributed by atoms with Crippen LogP contribution in [0.3, 0.4) is 0 Å². The van der Waals surface area contributed by atoms with Crippen LogP contribution in [0.15, 0.2) is 24.3 Å². The Labute approximate surface area is 130 Å². The minimum absolute atomic E-state index is 0.351. The third kappa shape index (κ3) is 6.96. The van der Waals surface area contributed by atoms with Gasteiger partial charge in [-0.05, 0) is 58.0 Å². The molecule has 0 radical (unpaired) electrons. The van der Waals surface area contributed by atoms with Crippen molar-refractivity contribution in [2.75, 3.05) is 27.2 Å². The van der Waals surface area contributed by atoms with Gasteiger partial charge in [-0.2, -0.15) is 0 Å². The molecule has 0 saturated heterocycles. The lowest BCUT2D eigenvalue weighted by atomic mass is 10.0. The van der Waals surface area contributed by atoms with Crippen LogP contribution in [-0.2, 0) is 0 Å². The van der Waals surface area contributed by atoms with E-state index >= 15 is 0 Å². The minimum atomic E-state index is 0.351. The lowest BCUT2D eigenvalue weighted by Crippen LogP contribution is -2.40. The highest BCUT2D eigenvalue weighted by molar-refractivity contribution is 5.29. The van der Waals surface area contributed by atoms with Crippen molar-refractivity contribution in [3.63, 3.8) is 0 Å². The molecule has 1 N–H and O–H groups in total. The van der Waals surface area contributed by atoms with Crippen molar-refractivity contribution < 1.29 is 4.74 Å². The normalized spacial score (nSPS) is 14.5. The molecule has 0 aliphatic heterocycles. The zero-order valence-electron chi connectivity index (χ0n) is 14.5. The molecular weight excluding hydrogens is 260 g/mol. The van der Waals surface area contributed by atoms with Crippen LogP contribution in [0, 0.1) is 5.92 Å². The summed E-state index contributed by atoms with van der Waals surface area (Å²) in [6, 6.07) is 9.29. The van der Waals surface area contributed by atoms with E-state index in [-0.39, 0.29) is 0 Å². The van der Waals surface area contributed by atoms with Crippen molar-refractivity contribution in [2.24, 2.45) is 5.92 Å². The van der Waals surface area contributed by atoms with E-state index in [0.717, 1.165) is 12.3 Å². The van der Waals surface area contributed by atoms with Gasteiger partial charge in [-0.15, -0.1) is 0 Å². The van der Waals surface area contributed by atoms with Gasteiger partial charge in [0.05, 0.1) is 6.61 Å². The standard InChI is InChI=1S/C18H32N2O/c1-7-21-18-10-8-16(9-11-18)15(4)19-17(12-14(2)3)13-20(5)6/h8-11,14-15,17,19H,7,12-13H2,1-6H3. The summed E-state index contributed by atoms with van der Waals surface area (Å²) in [6.07, 6.45) is 1.19. The van der Waals surface area contributed by atoms with Crippen molar-refractivity contribution in [1.82, 2.24) is 10.2 Å². The quantitative estimate of drug-likeness (QED) is 0.751. The second-order valence-corrected chi connectivity index (χ2v) is 6.48. The summed E-state index contributed by atoms with van der Waals surface area (Å²) < 4.78 is 5.50. The average molecular weight is 292 g/mol. The summed E-state index contributed by atoms with van der Waals surface area (Å²) in [4.78, 5) is 2.25. The third-order valence-electron chi connectivity index (χ3n) is 3.52. The Balaban J connectivity index is 2.64. The Morgan fingerprint density at radius 2 is 1.71 bits per heavy atom. The molecule has 0 fully saturated rings. The highest BCUT2D eigenvalue weighted by Crippen LogP contribution is 2.19. The summed E-state index contributed by atoms with van der Waals surface area (Å²) in [7, 11) is 4.27. The first-order valence-electron chi connectivity index (χ1n) is 8.05. The molecule has 0 saturated carbocycles. The van der Waals surface area contributed by atoms with Crippen molar-refractivity contribution in [3.8, 4) is 5.75 Å². The minimum Gasteiger partial charge on any atom is -0.494 e. The van der Waals surface area contributed by atoms with Crippen molar-refractivity contribution >= 4 is 0 Å². The maximum atomic E-state index is 5.50. The highest BCUT2D eigenvalue weighted by Gasteiger charge is 2.15. The summed E-state index contributed by atoms with van der Waals surface area (Å²) in [5, 5.41) is 3.76. The van der Waals surface area contributed by atoms with Crippen LogP contribution >= 0.6 is 0 Å². The van der Waals surface area contributed by atoms with E-state index in [9.17, 15) is 0 Å². The molecular formula is C18H32N2O. The van der Waals surface area contributed by atoms with E-state index in [4.69, 9.17) is 4.74 Å². The highest BCUT2D eigenvalue weighted by atomic mass is 16.5. The SMILES string of the molecule is CCOc1ccc(C(C)NC(CC(C)C)CN(C)C)cc1. The molecule has 0 aliphatic rings. The zero-order valence-corrected chi connectivity index (χ0v) is 14.5. The van der Waals surface area contributed by atoms with Gasteiger partial charge in [-0.3, -0.25) is 0 Å². The van der Waals surface area contributed by atoms with Gasteiger partial charge in [0.15, 0.2) is 0 Å². The second-order valence-electron chi connectivity index (χ2n) is 6.48. The van der Waals surface area contributed by atoms with Crippen LogP contribution in [0.4, 0.5) is 0 Å². The third-order valence-corrected chi connectivity index (χ3v) is 3.52. The topological polar surface area (TPSA) is 24.5 Å². The Hall–Kier alpha value is -1.06. The molecule has 0 heterocycles. The molecule has 0 bridgehead atoms. The molecule has 2 atom stereocenters. The van der Waals surface area contributed by atoms with Gasteiger partial charge in [-0.1, -0.05) is 26.0 Å². The van der Waals surface area contributed by atoms with Gasteiger partial charge in [-0.25, -0.2) is 0 Å². The van der Waals surface area contributed by atoms with Crippen molar-refractivity contribution in [1.29, 1.82) is 0 Å². The monoisotopic (exact) mass is 292 g/mol. The first-order chi connectivity index (χ1) is 9.92. The van der Waals surface area contributed by atoms with Gasteiger partial charge in [0, 0.05) is 18.6 Å². The number of hydrogen-bond acceptors (Lipinski definition) is 3. The Morgan fingerprint density at radius 1 is 1.10 bits per heavy atom.